The highest BCUT2D eigenvalue weighted by Gasteiger charge is 2.30. The van der Waals surface area contributed by atoms with Crippen molar-refractivity contribution in [1.29, 1.82) is 0 Å². The van der Waals surface area contributed by atoms with E-state index < -0.39 is 0 Å². The average molecular weight is 248 g/mol. The van der Waals surface area contributed by atoms with Crippen LogP contribution in [-0.2, 0) is 0 Å². The predicted molar refractivity (Wildman–Crippen MR) is 67.1 cm³/mol. The number of amides is 1. The second-order valence-corrected chi connectivity index (χ2v) is 4.46. The van der Waals surface area contributed by atoms with Crippen LogP contribution >= 0.6 is 0 Å². The highest BCUT2D eigenvalue weighted by molar-refractivity contribution is 5.92. The first-order chi connectivity index (χ1) is 8.79. The Morgan fingerprint density at radius 3 is 3.33 bits per heavy atom. The average Bonchev–Trinajstić information content (AvgIpc) is 2.45. The molecule has 3 rings (SSSR count). The Kier molecular flexibility index (Phi) is 2.79. The lowest BCUT2D eigenvalue weighted by Crippen LogP contribution is -2.55. The number of pyridine rings is 1. The molecule has 6 nitrogen and oxygen atoms in total. The molecule has 1 aromatic heterocycles. The van der Waals surface area contributed by atoms with Gasteiger partial charge in [-0.3, -0.25) is 4.79 Å². The summed E-state index contributed by atoms with van der Waals surface area (Å²) >= 11 is 0. The molecule has 18 heavy (non-hydrogen) atoms. The summed E-state index contributed by atoms with van der Waals surface area (Å²) < 4.78 is 5.66. The van der Waals surface area contributed by atoms with Crippen LogP contribution in [0.2, 0.25) is 0 Å². The number of piperazine rings is 1. The van der Waals surface area contributed by atoms with Gasteiger partial charge in [0.25, 0.3) is 5.91 Å². The number of rotatable bonds is 1. The second kappa shape index (κ2) is 4.45. The molecule has 3 heterocycles. The van der Waals surface area contributed by atoms with Crippen molar-refractivity contribution in [2.45, 2.75) is 6.04 Å². The van der Waals surface area contributed by atoms with Crippen molar-refractivity contribution in [1.82, 2.24) is 15.6 Å². The quantitative estimate of drug-likeness (QED) is 0.708. The summed E-state index contributed by atoms with van der Waals surface area (Å²) in [4.78, 5) is 18.1. The van der Waals surface area contributed by atoms with Crippen LogP contribution in [0.5, 0.6) is 5.88 Å². The number of hydrogen-bond acceptors (Lipinski definition) is 5. The smallest absolute Gasteiger partial charge is 0.269 e. The molecule has 1 aromatic rings. The zero-order valence-electron chi connectivity index (χ0n) is 10.3. The Labute approximate surface area is 105 Å². The lowest BCUT2D eigenvalue weighted by atomic mass is 10.1. The molecule has 1 saturated heterocycles. The number of fused-ring (bicyclic) bond motifs is 3. The Bertz CT molecular complexity index is 477. The third kappa shape index (κ3) is 1.78. The van der Waals surface area contributed by atoms with Crippen molar-refractivity contribution in [3.8, 4) is 5.88 Å². The Balaban J connectivity index is 1.93. The van der Waals surface area contributed by atoms with Crippen molar-refractivity contribution in [2.24, 2.45) is 0 Å². The molecule has 6 heteroatoms. The number of anilines is 1. The van der Waals surface area contributed by atoms with E-state index in [0.29, 0.717) is 24.2 Å². The minimum atomic E-state index is -0.191. The summed E-state index contributed by atoms with van der Waals surface area (Å²) in [6.07, 6.45) is 0. The van der Waals surface area contributed by atoms with Gasteiger partial charge < -0.3 is 20.3 Å². The fourth-order valence-corrected chi connectivity index (χ4v) is 2.41. The first kappa shape index (κ1) is 11.3. The van der Waals surface area contributed by atoms with Gasteiger partial charge in [0.05, 0.1) is 6.04 Å². The van der Waals surface area contributed by atoms with Crippen molar-refractivity contribution in [2.75, 3.05) is 38.2 Å². The van der Waals surface area contributed by atoms with Gasteiger partial charge in [0, 0.05) is 26.7 Å². The summed E-state index contributed by atoms with van der Waals surface area (Å²) in [6, 6.07) is 4.02. The maximum atomic E-state index is 11.5. The largest absolute Gasteiger partial charge is 0.474 e. The molecule has 1 fully saturated rings. The molecular weight excluding hydrogens is 232 g/mol. The van der Waals surface area contributed by atoms with Crippen LogP contribution in [0.3, 0.4) is 0 Å². The van der Waals surface area contributed by atoms with Crippen LogP contribution in [0.25, 0.3) is 0 Å². The third-order valence-corrected chi connectivity index (χ3v) is 3.37. The number of carbonyl (C=O) groups is 1. The molecule has 0 radical (unpaired) electrons. The van der Waals surface area contributed by atoms with Gasteiger partial charge in [-0.25, -0.2) is 4.98 Å². The highest BCUT2D eigenvalue weighted by Crippen LogP contribution is 2.32. The molecule has 2 N–H and O–H groups in total. The Morgan fingerprint density at radius 1 is 1.61 bits per heavy atom. The van der Waals surface area contributed by atoms with Gasteiger partial charge in [0.1, 0.15) is 18.0 Å². The maximum absolute atomic E-state index is 11.5. The van der Waals surface area contributed by atoms with Crippen LogP contribution in [0.15, 0.2) is 12.1 Å². The summed E-state index contributed by atoms with van der Waals surface area (Å²) in [6.45, 7) is 3.45. The van der Waals surface area contributed by atoms with Crippen molar-refractivity contribution in [3.05, 3.63) is 17.8 Å². The number of ether oxygens (including phenoxy) is 1. The van der Waals surface area contributed by atoms with Gasteiger partial charge in [0.15, 0.2) is 0 Å². The van der Waals surface area contributed by atoms with Gasteiger partial charge in [-0.1, -0.05) is 0 Å². The minimum absolute atomic E-state index is 0.191. The SMILES string of the molecule is CNC(=O)c1ccc2c(n1)OCC1CNCCN21. The normalized spacial score (nSPS) is 21.6. The molecular formula is C12H16N4O2. The van der Waals surface area contributed by atoms with Crippen LogP contribution in [0.4, 0.5) is 5.69 Å². The number of nitrogens with zero attached hydrogens (tertiary/aromatic N) is 2. The van der Waals surface area contributed by atoms with E-state index in [2.05, 4.69) is 20.5 Å². The molecule has 2 aliphatic rings. The summed E-state index contributed by atoms with van der Waals surface area (Å²) in [5.41, 5.74) is 1.38. The van der Waals surface area contributed by atoms with E-state index in [9.17, 15) is 4.79 Å². The first-order valence-electron chi connectivity index (χ1n) is 6.13. The van der Waals surface area contributed by atoms with Crippen LogP contribution in [-0.4, -0.2) is 50.2 Å². The number of nitrogens with one attached hydrogen (secondary N) is 2. The van der Waals surface area contributed by atoms with Crippen LogP contribution < -0.4 is 20.3 Å². The van der Waals surface area contributed by atoms with Gasteiger partial charge in [-0.2, -0.15) is 0 Å². The van der Waals surface area contributed by atoms with Gasteiger partial charge in [-0.05, 0) is 12.1 Å². The Hall–Kier alpha value is -1.82. The molecule has 1 unspecified atom stereocenters. The molecule has 1 amide bonds. The lowest BCUT2D eigenvalue weighted by Gasteiger charge is -2.41. The molecule has 2 aliphatic heterocycles. The number of aromatic nitrogens is 1. The van der Waals surface area contributed by atoms with E-state index in [1.807, 2.05) is 6.07 Å². The van der Waals surface area contributed by atoms with Crippen molar-refractivity contribution < 1.29 is 9.53 Å². The maximum Gasteiger partial charge on any atom is 0.269 e. The van der Waals surface area contributed by atoms with E-state index >= 15 is 0 Å². The summed E-state index contributed by atoms with van der Waals surface area (Å²) in [5.74, 6) is 0.373. The number of hydrogen-bond donors (Lipinski definition) is 2. The topological polar surface area (TPSA) is 66.5 Å². The monoisotopic (exact) mass is 248 g/mol. The van der Waals surface area contributed by atoms with Gasteiger partial charge in [0.2, 0.25) is 5.88 Å². The summed E-state index contributed by atoms with van der Waals surface area (Å²) in [7, 11) is 1.59. The van der Waals surface area contributed by atoms with E-state index in [0.717, 1.165) is 25.3 Å². The van der Waals surface area contributed by atoms with E-state index in [4.69, 9.17) is 4.74 Å². The van der Waals surface area contributed by atoms with Gasteiger partial charge in [-0.15, -0.1) is 0 Å². The zero-order valence-corrected chi connectivity index (χ0v) is 10.3. The minimum Gasteiger partial charge on any atom is -0.474 e. The molecule has 0 spiro atoms. The van der Waals surface area contributed by atoms with E-state index in [1.165, 1.54) is 0 Å². The fourth-order valence-electron chi connectivity index (χ4n) is 2.41. The Morgan fingerprint density at radius 2 is 2.50 bits per heavy atom. The first-order valence-corrected chi connectivity index (χ1v) is 6.13. The highest BCUT2D eigenvalue weighted by atomic mass is 16.5. The van der Waals surface area contributed by atoms with Crippen molar-refractivity contribution in [3.63, 3.8) is 0 Å². The standard InChI is InChI=1S/C12H16N4O2/c1-13-11(17)9-2-3-10-12(15-9)18-7-8-6-14-4-5-16(8)10/h2-3,8,14H,4-7H2,1H3,(H,13,17). The zero-order chi connectivity index (χ0) is 12.5. The number of carbonyl (C=O) groups excluding carboxylic acids is 1. The third-order valence-electron chi connectivity index (χ3n) is 3.37. The molecule has 0 aromatic carbocycles. The summed E-state index contributed by atoms with van der Waals surface area (Å²) in [5, 5.41) is 5.91. The lowest BCUT2D eigenvalue weighted by molar-refractivity contribution is 0.0956. The van der Waals surface area contributed by atoms with E-state index in [1.54, 1.807) is 13.1 Å². The predicted octanol–water partition coefficient (Wildman–Crippen LogP) is -0.388. The van der Waals surface area contributed by atoms with Crippen LogP contribution in [0.1, 0.15) is 10.5 Å². The molecule has 0 saturated carbocycles. The molecule has 0 bridgehead atoms. The molecule has 96 valence electrons. The van der Waals surface area contributed by atoms with E-state index in [-0.39, 0.29) is 5.91 Å². The second-order valence-electron chi connectivity index (χ2n) is 4.46. The van der Waals surface area contributed by atoms with Crippen LogP contribution in [0, 0.1) is 0 Å². The van der Waals surface area contributed by atoms with Gasteiger partial charge >= 0.3 is 0 Å². The van der Waals surface area contributed by atoms with Crippen molar-refractivity contribution >= 4 is 11.6 Å². The fraction of sp³-hybridized carbons (Fsp3) is 0.500. The molecule has 0 aliphatic carbocycles. The molecule has 1 atom stereocenters.